The van der Waals surface area contributed by atoms with E-state index in [4.69, 9.17) is 22.1 Å². The summed E-state index contributed by atoms with van der Waals surface area (Å²) in [5.74, 6) is 0.766. The number of nitrogens with two attached hydrogens (primary N) is 1. The fraction of sp³-hybridized carbons (Fsp3) is 0.444. The second-order valence-electron chi connectivity index (χ2n) is 3.59. The van der Waals surface area contributed by atoms with Gasteiger partial charge in [-0.15, -0.1) is 0 Å². The monoisotopic (exact) mass is 257 g/mol. The maximum Gasteiger partial charge on any atom is 0.407 e. The highest BCUT2D eigenvalue weighted by Gasteiger charge is 2.31. The van der Waals surface area contributed by atoms with Gasteiger partial charge in [-0.3, -0.25) is 0 Å². The maximum absolute atomic E-state index is 10.9. The number of hydrogen-bond donors (Lipinski definition) is 2. The van der Waals surface area contributed by atoms with Crippen molar-refractivity contribution in [2.75, 3.05) is 30.8 Å². The second-order valence-corrected chi connectivity index (χ2v) is 3.98. The van der Waals surface area contributed by atoms with Crippen LogP contribution in [0.2, 0.25) is 5.15 Å². The Labute approximate surface area is 103 Å². The van der Waals surface area contributed by atoms with Crippen molar-refractivity contribution in [3.8, 4) is 0 Å². The van der Waals surface area contributed by atoms with Crippen LogP contribution in [0.5, 0.6) is 0 Å². The zero-order valence-electron chi connectivity index (χ0n) is 9.18. The van der Waals surface area contributed by atoms with Gasteiger partial charge in [-0.05, 0) is 0 Å². The first-order chi connectivity index (χ1) is 8.08. The van der Waals surface area contributed by atoms with E-state index in [0.717, 1.165) is 0 Å². The first-order valence-corrected chi connectivity index (χ1v) is 5.39. The molecule has 0 unspecified atom stereocenters. The standard InChI is InChI=1S/C9H12ClN5O2/c1-12-9(16)17-5-3-15(4-5)7-2-6(10)13-8(11)14-7/h2,5H,3-4H2,1H3,(H,12,16)(H2,11,13,14). The van der Waals surface area contributed by atoms with E-state index in [9.17, 15) is 4.79 Å². The number of amides is 1. The molecule has 0 aromatic carbocycles. The lowest BCUT2D eigenvalue weighted by Gasteiger charge is -2.38. The molecule has 1 amide bonds. The molecule has 0 atom stereocenters. The molecule has 2 rings (SSSR count). The average molecular weight is 258 g/mol. The van der Waals surface area contributed by atoms with Crippen LogP contribution in [0.4, 0.5) is 16.6 Å². The van der Waals surface area contributed by atoms with Crippen molar-refractivity contribution in [2.24, 2.45) is 0 Å². The van der Waals surface area contributed by atoms with Gasteiger partial charge in [0.25, 0.3) is 0 Å². The van der Waals surface area contributed by atoms with Crippen molar-refractivity contribution in [2.45, 2.75) is 6.10 Å². The van der Waals surface area contributed by atoms with E-state index in [-0.39, 0.29) is 12.1 Å². The summed E-state index contributed by atoms with van der Waals surface area (Å²) < 4.78 is 5.05. The molecule has 0 spiro atoms. The molecule has 1 aromatic rings. The molecular weight excluding hydrogens is 246 g/mol. The molecule has 1 aliphatic rings. The van der Waals surface area contributed by atoms with E-state index in [1.54, 1.807) is 6.07 Å². The van der Waals surface area contributed by atoms with E-state index >= 15 is 0 Å². The molecule has 8 heteroatoms. The topological polar surface area (TPSA) is 93.4 Å². The minimum atomic E-state index is -0.435. The van der Waals surface area contributed by atoms with Gasteiger partial charge in [0, 0.05) is 13.1 Å². The molecule has 1 fully saturated rings. The summed E-state index contributed by atoms with van der Waals surface area (Å²) in [5, 5.41) is 2.69. The lowest BCUT2D eigenvalue weighted by Crippen LogP contribution is -2.54. The van der Waals surface area contributed by atoms with Crippen LogP contribution in [0.1, 0.15) is 0 Å². The molecule has 7 nitrogen and oxygen atoms in total. The van der Waals surface area contributed by atoms with Crippen molar-refractivity contribution >= 4 is 29.5 Å². The van der Waals surface area contributed by atoms with Gasteiger partial charge in [0.15, 0.2) is 0 Å². The summed E-state index contributed by atoms with van der Waals surface area (Å²) in [5.41, 5.74) is 5.48. The molecule has 0 radical (unpaired) electrons. The Kier molecular flexibility index (Phi) is 3.19. The molecule has 3 N–H and O–H groups in total. The summed E-state index contributed by atoms with van der Waals surface area (Å²) in [6.07, 6.45) is -0.570. The van der Waals surface area contributed by atoms with Gasteiger partial charge in [0.2, 0.25) is 5.95 Å². The van der Waals surface area contributed by atoms with Gasteiger partial charge in [0.1, 0.15) is 17.1 Å². The summed E-state index contributed by atoms with van der Waals surface area (Å²) in [4.78, 5) is 20.7. The van der Waals surface area contributed by atoms with Gasteiger partial charge >= 0.3 is 6.09 Å². The third-order valence-corrected chi connectivity index (χ3v) is 2.54. The first-order valence-electron chi connectivity index (χ1n) is 5.02. The molecule has 1 aromatic heterocycles. The molecule has 0 bridgehead atoms. The Hall–Kier alpha value is -1.76. The van der Waals surface area contributed by atoms with E-state index in [1.807, 2.05) is 4.90 Å². The molecule has 0 aliphatic carbocycles. The second kappa shape index (κ2) is 4.62. The maximum atomic E-state index is 10.9. The number of halogens is 1. The van der Waals surface area contributed by atoms with Crippen molar-refractivity contribution in [1.82, 2.24) is 15.3 Å². The van der Waals surface area contributed by atoms with Gasteiger partial charge in [0.05, 0.1) is 13.1 Å². The Morgan fingerprint density at radius 1 is 1.65 bits per heavy atom. The van der Waals surface area contributed by atoms with Crippen molar-refractivity contribution < 1.29 is 9.53 Å². The lowest BCUT2D eigenvalue weighted by atomic mass is 10.2. The smallest absolute Gasteiger partial charge is 0.407 e. The number of carbonyl (C=O) groups is 1. The summed E-state index contributed by atoms with van der Waals surface area (Å²) in [6, 6.07) is 1.62. The predicted octanol–water partition coefficient (Wildman–Crippen LogP) is 0.257. The number of nitrogens with zero attached hydrogens (tertiary/aromatic N) is 3. The van der Waals surface area contributed by atoms with Crippen molar-refractivity contribution in [3.05, 3.63) is 11.2 Å². The van der Waals surface area contributed by atoms with Crippen LogP contribution >= 0.6 is 11.6 Å². The van der Waals surface area contributed by atoms with Crippen LogP contribution in [0.3, 0.4) is 0 Å². The van der Waals surface area contributed by atoms with Crippen molar-refractivity contribution in [1.29, 1.82) is 0 Å². The fourth-order valence-electron chi connectivity index (χ4n) is 1.49. The normalized spacial score (nSPS) is 15.3. The van der Waals surface area contributed by atoms with E-state index < -0.39 is 6.09 Å². The lowest BCUT2D eigenvalue weighted by molar-refractivity contribution is 0.0823. The highest BCUT2D eigenvalue weighted by atomic mass is 35.5. The SMILES string of the molecule is CNC(=O)OC1CN(c2cc(Cl)nc(N)n2)C1. The van der Waals surface area contributed by atoms with E-state index in [1.165, 1.54) is 7.05 Å². The van der Waals surface area contributed by atoms with Crippen LogP contribution in [0, 0.1) is 0 Å². The van der Waals surface area contributed by atoms with E-state index in [2.05, 4.69) is 15.3 Å². The van der Waals surface area contributed by atoms with Gasteiger partial charge in [-0.1, -0.05) is 11.6 Å². The Balaban J connectivity index is 1.93. The number of nitrogens with one attached hydrogen (secondary N) is 1. The zero-order chi connectivity index (χ0) is 12.4. The fourth-order valence-corrected chi connectivity index (χ4v) is 1.68. The Morgan fingerprint density at radius 3 is 2.94 bits per heavy atom. The van der Waals surface area contributed by atoms with Crippen LogP contribution in [0.25, 0.3) is 0 Å². The number of anilines is 2. The largest absolute Gasteiger partial charge is 0.442 e. The minimum Gasteiger partial charge on any atom is -0.442 e. The number of ether oxygens (including phenoxy) is 1. The number of aromatic nitrogens is 2. The summed E-state index contributed by atoms with van der Waals surface area (Å²) in [7, 11) is 1.52. The van der Waals surface area contributed by atoms with E-state index in [0.29, 0.717) is 24.1 Å². The van der Waals surface area contributed by atoms with Crippen molar-refractivity contribution in [3.63, 3.8) is 0 Å². The van der Waals surface area contributed by atoms with Gasteiger partial charge < -0.3 is 20.7 Å². The van der Waals surface area contributed by atoms with Crippen LogP contribution < -0.4 is 16.0 Å². The zero-order valence-corrected chi connectivity index (χ0v) is 9.94. The predicted molar refractivity (Wildman–Crippen MR) is 63.0 cm³/mol. The highest BCUT2D eigenvalue weighted by Crippen LogP contribution is 2.23. The summed E-state index contributed by atoms with van der Waals surface area (Å²) >= 11 is 5.77. The number of carbonyl (C=O) groups excluding carboxylic acids is 1. The van der Waals surface area contributed by atoms with Crippen LogP contribution in [0.15, 0.2) is 6.07 Å². The molecule has 92 valence electrons. The third kappa shape index (κ3) is 2.68. The number of hydrogen-bond acceptors (Lipinski definition) is 6. The molecular formula is C9H12ClN5O2. The number of nitrogen functional groups attached to an aromatic ring is 1. The average Bonchev–Trinajstić information content (AvgIpc) is 2.20. The minimum absolute atomic E-state index is 0.128. The first kappa shape index (κ1) is 11.7. The quantitative estimate of drug-likeness (QED) is 0.738. The molecule has 1 saturated heterocycles. The molecule has 17 heavy (non-hydrogen) atoms. The van der Waals surface area contributed by atoms with Crippen LogP contribution in [-0.2, 0) is 4.74 Å². The Bertz CT molecular complexity index is 415. The van der Waals surface area contributed by atoms with Gasteiger partial charge in [-0.2, -0.15) is 4.98 Å². The molecule has 0 saturated carbocycles. The molecule has 1 aliphatic heterocycles. The van der Waals surface area contributed by atoms with Gasteiger partial charge in [-0.25, -0.2) is 9.78 Å². The van der Waals surface area contributed by atoms with Crippen LogP contribution in [-0.4, -0.2) is 42.3 Å². The number of rotatable bonds is 2. The Morgan fingerprint density at radius 2 is 2.35 bits per heavy atom. The molecule has 2 heterocycles. The third-order valence-electron chi connectivity index (χ3n) is 2.35. The summed E-state index contributed by atoms with van der Waals surface area (Å²) in [6.45, 7) is 1.14. The highest BCUT2D eigenvalue weighted by molar-refractivity contribution is 6.29. The number of alkyl carbamates (subject to hydrolysis) is 1.